The van der Waals surface area contributed by atoms with Crippen LogP contribution in [0.1, 0.15) is 55.5 Å². The summed E-state index contributed by atoms with van der Waals surface area (Å²) in [4.78, 5) is 12.5. The predicted molar refractivity (Wildman–Crippen MR) is 126 cm³/mol. The number of methoxy groups -OCH3 is 1. The highest BCUT2D eigenvalue weighted by Gasteiger charge is 2.18. The number of benzene rings is 2. The van der Waals surface area contributed by atoms with E-state index < -0.39 is 10.0 Å². The van der Waals surface area contributed by atoms with E-state index in [1.165, 1.54) is 17.0 Å². The van der Waals surface area contributed by atoms with Crippen molar-refractivity contribution in [2.24, 2.45) is 5.92 Å². The topological polar surface area (TPSA) is 75.7 Å². The van der Waals surface area contributed by atoms with Crippen LogP contribution in [0.4, 0.5) is 5.69 Å². The van der Waals surface area contributed by atoms with Gasteiger partial charge in [-0.2, -0.15) is 0 Å². The zero-order valence-corrected chi connectivity index (χ0v) is 19.7. The second-order valence-corrected chi connectivity index (χ2v) is 9.70. The van der Waals surface area contributed by atoms with Gasteiger partial charge in [-0.1, -0.05) is 45.2 Å². The Balaban J connectivity index is 2.05. The Kier molecular flexibility index (Phi) is 9.37. The molecule has 0 aliphatic rings. The number of nitrogens with zero attached hydrogens (tertiary/aromatic N) is 1. The molecule has 2 rings (SSSR count). The number of carbonyl (C=O) groups is 1. The molecule has 0 saturated carbocycles. The van der Waals surface area contributed by atoms with Crippen molar-refractivity contribution in [2.45, 2.75) is 46.1 Å². The van der Waals surface area contributed by atoms with Crippen molar-refractivity contribution in [1.82, 2.24) is 5.32 Å². The van der Waals surface area contributed by atoms with Crippen molar-refractivity contribution in [3.8, 4) is 5.75 Å². The smallest absolute Gasteiger partial charge is 0.251 e. The number of hydrogen-bond acceptors (Lipinski definition) is 4. The van der Waals surface area contributed by atoms with Crippen LogP contribution in [-0.4, -0.2) is 34.2 Å². The molecule has 0 fully saturated rings. The SMILES string of the molecule is CCCCC(CC)CNC(=O)c1ccc(CN(c2ccc(OC)cc2)S(C)(=O)=O)cc1. The Hall–Kier alpha value is -2.54. The van der Waals surface area contributed by atoms with Gasteiger partial charge in [0.1, 0.15) is 5.75 Å². The highest BCUT2D eigenvalue weighted by atomic mass is 32.2. The highest BCUT2D eigenvalue weighted by molar-refractivity contribution is 7.92. The minimum Gasteiger partial charge on any atom is -0.497 e. The first-order valence-electron chi connectivity index (χ1n) is 10.8. The maximum Gasteiger partial charge on any atom is 0.251 e. The van der Waals surface area contributed by atoms with E-state index in [0.717, 1.165) is 24.8 Å². The van der Waals surface area contributed by atoms with Crippen LogP contribution in [0, 0.1) is 5.92 Å². The number of nitrogens with one attached hydrogen (secondary N) is 1. The van der Waals surface area contributed by atoms with Crippen LogP contribution >= 0.6 is 0 Å². The normalized spacial score (nSPS) is 12.3. The van der Waals surface area contributed by atoms with E-state index >= 15 is 0 Å². The van der Waals surface area contributed by atoms with Gasteiger partial charge in [-0.25, -0.2) is 8.42 Å². The second kappa shape index (κ2) is 11.7. The molecule has 0 aromatic heterocycles. The minimum absolute atomic E-state index is 0.100. The Labute approximate surface area is 186 Å². The van der Waals surface area contributed by atoms with Gasteiger partial charge < -0.3 is 10.1 Å². The van der Waals surface area contributed by atoms with Gasteiger partial charge in [0.15, 0.2) is 0 Å². The Morgan fingerprint density at radius 3 is 2.23 bits per heavy atom. The van der Waals surface area contributed by atoms with E-state index in [1.807, 2.05) is 0 Å². The molecule has 0 saturated heterocycles. The van der Waals surface area contributed by atoms with Crippen LogP contribution in [0.15, 0.2) is 48.5 Å². The number of carbonyl (C=O) groups excluding carboxylic acids is 1. The van der Waals surface area contributed by atoms with Crippen LogP contribution in [0.25, 0.3) is 0 Å². The van der Waals surface area contributed by atoms with E-state index in [4.69, 9.17) is 4.74 Å². The summed E-state index contributed by atoms with van der Waals surface area (Å²) in [6, 6.07) is 14.0. The molecule has 6 nitrogen and oxygen atoms in total. The average Bonchev–Trinajstić information content (AvgIpc) is 2.77. The molecule has 2 aromatic carbocycles. The van der Waals surface area contributed by atoms with Gasteiger partial charge in [0.2, 0.25) is 10.0 Å². The number of anilines is 1. The summed E-state index contributed by atoms with van der Waals surface area (Å²) in [7, 11) is -1.91. The van der Waals surface area contributed by atoms with Crippen molar-refractivity contribution in [3.63, 3.8) is 0 Å². The molecule has 170 valence electrons. The summed E-state index contributed by atoms with van der Waals surface area (Å²) in [6.07, 6.45) is 5.69. The lowest BCUT2D eigenvalue weighted by atomic mass is 9.99. The van der Waals surface area contributed by atoms with Gasteiger partial charge >= 0.3 is 0 Å². The second-order valence-electron chi connectivity index (χ2n) is 7.79. The van der Waals surface area contributed by atoms with E-state index in [-0.39, 0.29) is 12.5 Å². The summed E-state index contributed by atoms with van der Waals surface area (Å²) in [5, 5.41) is 3.02. The maximum atomic E-state index is 12.5. The molecule has 31 heavy (non-hydrogen) atoms. The third-order valence-corrected chi connectivity index (χ3v) is 6.54. The lowest BCUT2D eigenvalue weighted by molar-refractivity contribution is 0.0946. The van der Waals surface area contributed by atoms with Crippen molar-refractivity contribution in [3.05, 3.63) is 59.7 Å². The van der Waals surface area contributed by atoms with Crippen molar-refractivity contribution >= 4 is 21.6 Å². The van der Waals surface area contributed by atoms with Crippen LogP contribution in [-0.2, 0) is 16.6 Å². The van der Waals surface area contributed by atoms with Gasteiger partial charge in [0.25, 0.3) is 5.91 Å². The zero-order chi connectivity index (χ0) is 22.9. The summed E-state index contributed by atoms with van der Waals surface area (Å²) < 4.78 is 31.2. The van der Waals surface area contributed by atoms with Crippen molar-refractivity contribution in [1.29, 1.82) is 0 Å². The third kappa shape index (κ3) is 7.58. The molecule has 0 aliphatic carbocycles. The van der Waals surface area contributed by atoms with E-state index in [1.54, 1.807) is 55.6 Å². The number of unbranched alkanes of at least 4 members (excludes halogenated alkanes) is 1. The van der Waals surface area contributed by atoms with Crippen LogP contribution in [0.2, 0.25) is 0 Å². The quantitative estimate of drug-likeness (QED) is 0.517. The minimum atomic E-state index is -3.48. The first-order chi connectivity index (χ1) is 14.8. The largest absolute Gasteiger partial charge is 0.497 e. The summed E-state index contributed by atoms with van der Waals surface area (Å²) in [6.45, 7) is 5.18. The van der Waals surface area contributed by atoms with Crippen molar-refractivity contribution in [2.75, 3.05) is 24.2 Å². The molecule has 0 heterocycles. The molecular weight excluding hydrogens is 412 g/mol. The Bertz CT molecular complexity index is 925. The van der Waals surface area contributed by atoms with Gasteiger partial charge in [-0.15, -0.1) is 0 Å². The average molecular weight is 447 g/mol. The van der Waals surface area contributed by atoms with Crippen molar-refractivity contribution < 1.29 is 17.9 Å². The molecule has 0 bridgehead atoms. The molecule has 2 aromatic rings. The monoisotopic (exact) mass is 446 g/mol. The fourth-order valence-electron chi connectivity index (χ4n) is 3.36. The molecule has 1 N–H and O–H groups in total. The molecule has 7 heteroatoms. The fourth-order valence-corrected chi connectivity index (χ4v) is 4.25. The van der Waals surface area contributed by atoms with Gasteiger partial charge in [0, 0.05) is 12.1 Å². The number of sulfonamides is 1. The van der Waals surface area contributed by atoms with E-state index in [0.29, 0.717) is 29.5 Å². The van der Waals surface area contributed by atoms with Crippen LogP contribution < -0.4 is 14.4 Å². The standard InChI is InChI=1S/C24H34N2O4S/c1-5-7-8-19(6-2)17-25-24(27)21-11-9-20(10-12-21)18-26(31(4,28)29)22-13-15-23(30-3)16-14-22/h9-16,19H,5-8,17-18H2,1-4H3,(H,25,27). The van der Waals surface area contributed by atoms with Gasteiger partial charge in [0.05, 0.1) is 25.6 Å². The number of ether oxygens (including phenoxy) is 1. The number of amides is 1. The third-order valence-electron chi connectivity index (χ3n) is 5.40. The fraction of sp³-hybridized carbons (Fsp3) is 0.458. The first-order valence-corrected chi connectivity index (χ1v) is 12.6. The zero-order valence-electron chi connectivity index (χ0n) is 18.9. The van der Waals surface area contributed by atoms with Crippen LogP contribution in [0.5, 0.6) is 5.75 Å². The van der Waals surface area contributed by atoms with Gasteiger partial charge in [-0.3, -0.25) is 9.10 Å². The molecular formula is C24H34N2O4S. The molecule has 1 atom stereocenters. The van der Waals surface area contributed by atoms with E-state index in [9.17, 15) is 13.2 Å². The van der Waals surface area contributed by atoms with E-state index in [2.05, 4.69) is 19.2 Å². The molecule has 0 aliphatic heterocycles. The number of hydrogen-bond donors (Lipinski definition) is 1. The summed E-state index contributed by atoms with van der Waals surface area (Å²) in [5.41, 5.74) is 1.93. The molecule has 1 unspecified atom stereocenters. The lowest BCUT2D eigenvalue weighted by Gasteiger charge is -2.23. The summed E-state index contributed by atoms with van der Waals surface area (Å²) >= 11 is 0. The number of rotatable bonds is 12. The molecule has 1 amide bonds. The molecule has 0 spiro atoms. The molecule has 0 radical (unpaired) electrons. The van der Waals surface area contributed by atoms with Crippen LogP contribution in [0.3, 0.4) is 0 Å². The lowest BCUT2D eigenvalue weighted by Crippen LogP contribution is -2.30. The Morgan fingerprint density at radius 1 is 1.06 bits per heavy atom. The maximum absolute atomic E-state index is 12.5. The highest BCUT2D eigenvalue weighted by Crippen LogP contribution is 2.23. The predicted octanol–water partition coefficient (Wildman–Crippen LogP) is 4.61. The van der Waals surface area contributed by atoms with Gasteiger partial charge in [-0.05, 0) is 54.3 Å². The summed E-state index contributed by atoms with van der Waals surface area (Å²) in [5.74, 6) is 1.06. The Morgan fingerprint density at radius 2 is 1.71 bits per heavy atom. The first kappa shape index (κ1) is 24.7.